The highest BCUT2D eigenvalue weighted by atomic mass is 32.2. The fourth-order valence-corrected chi connectivity index (χ4v) is 4.05. The molecular formula is C14H26N4O2S. The molecule has 2 N–H and O–H groups in total. The highest BCUT2D eigenvalue weighted by Gasteiger charge is 2.31. The Labute approximate surface area is 127 Å². The summed E-state index contributed by atoms with van der Waals surface area (Å²) in [6, 6.07) is 0.398. The average Bonchev–Trinajstić information content (AvgIpc) is 3.06. The lowest BCUT2D eigenvalue weighted by Gasteiger charge is -2.22. The van der Waals surface area contributed by atoms with Crippen molar-refractivity contribution in [3.05, 3.63) is 12.2 Å². The molecule has 0 amide bonds. The van der Waals surface area contributed by atoms with Gasteiger partial charge in [-0.05, 0) is 32.6 Å². The Morgan fingerprint density at radius 2 is 2.10 bits per heavy atom. The van der Waals surface area contributed by atoms with Crippen LogP contribution < -0.4 is 10.6 Å². The number of hydrogen-bond acceptors (Lipinski definition) is 3. The Balaban J connectivity index is 1.94. The minimum Gasteiger partial charge on any atom is -0.357 e. The van der Waals surface area contributed by atoms with Crippen molar-refractivity contribution < 1.29 is 8.42 Å². The molecular weight excluding hydrogens is 288 g/mol. The van der Waals surface area contributed by atoms with Gasteiger partial charge >= 0.3 is 0 Å². The number of hydrogen-bond donors (Lipinski definition) is 2. The molecule has 2 aliphatic rings. The average molecular weight is 314 g/mol. The number of aliphatic imine (C=N–C) groups is 1. The molecule has 0 radical (unpaired) electrons. The van der Waals surface area contributed by atoms with Gasteiger partial charge in [0.25, 0.3) is 0 Å². The smallest absolute Gasteiger partial charge is 0.211 e. The Bertz CT molecular complexity index is 493. The van der Waals surface area contributed by atoms with Crippen LogP contribution in [0.1, 0.15) is 32.6 Å². The van der Waals surface area contributed by atoms with Crippen LogP contribution in [-0.2, 0) is 10.0 Å². The summed E-state index contributed by atoms with van der Waals surface area (Å²) in [5, 5.41) is 6.63. The molecule has 2 rings (SSSR count). The lowest BCUT2D eigenvalue weighted by Crippen LogP contribution is -2.43. The molecule has 0 unspecified atom stereocenters. The zero-order valence-corrected chi connectivity index (χ0v) is 13.7. The van der Waals surface area contributed by atoms with E-state index in [1.54, 1.807) is 4.31 Å². The van der Waals surface area contributed by atoms with Gasteiger partial charge in [0.15, 0.2) is 5.96 Å². The maximum atomic E-state index is 11.7. The van der Waals surface area contributed by atoms with E-state index in [1.807, 2.05) is 6.92 Å². The second-order valence-corrected chi connectivity index (χ2v) is 7.61. The van der Waals surface area contributed by atoms with E-state index in [2.05, 4.69) is 27.8 Å². The molecule has 1 fully saturated rings. The minimum absolute atomic E-state index is 0.00263. The van der Waals surface area contributed by atoms with E-state index in [0.29, 0.717) is 19.1 Å². The summed E-state index contributed by atoms with van der Waals surface area (Å²) in [5.74, 6) is 0.784. The number of guanidine groups is 1. The van der Waals surface area contributed by atoms with Crippen LogP contribution in [0.5, 0.6) is 0 Å². The highest BCUT2D eigenvalue weighted by Crippen LogP contribution is 2.20. The second kappa shape index (κ2) is 7.26. The van der Waals surface area contributed by atoms with Gasteiger partial charge < -0.3 is 10.6 Å². The van der Waals surface area contributed by atoms with Crippen molar-refractivity contribution in [1.82, 2.24) is 14.9 Å². The summed E-state index contributed by atoms with van der Waals surface area (Å²) in [6.45, 7) is 3.97. The third kappa shape index (κ3) is 4.71. The lowest BCUT2D eigenvalue weighted by atomic mass is 10.2. The van der Waals surface area contributed by atoms with Gasteiger partial charge in [0.1, 0.15) is 0 Å². The Morgan fingerprint density at radius 1 is 1.38 bits per heavy atom. The summed E-state index contributed by atoms with van der Waals surface area (Å²) in [6.07, 6.45) is 9.47. The first-order valence-corrected chi connectivity index (χ1v) is 9.52. The number of sulfonamides is 1. The zero-order chi connectivity index (χ0) is 15.3. The van der Waals surface area contributed by atoms with Gasteiger partial charge in [-0.15, -0.1) is 0 Å². The number of nitrogens with zero attached hydrogens (tertiary/aromatic N) is 2. The van der Waals surface area contributed by atoms with Crippen molar-refractivity contribution in [3.8, 4) is 0 Å². The van der Waals surface area contributed by atoms with Crippen LogP contribution in [-0.4, -0.2) is 56.7 Å². The number of nitrogens with one attached hydrogen (secondary N) is 2. The van der Waals surface area contributed by atoms with Crippen molar-refractivity contribution in [2.75, 3.05) is 25.9 Å². The van der Waals surface area contributed by atoms with Crippen LogP contribution in [0.15, 0.2) is 17.1 Å². The molecule has 0 aromatic carbocycles. The summed E-state index contributed by atoms with van der Waals surface area (Å²) >= 11 is 0. The van der Waals surface area contributed by atoms with Gasteiger partial charge in [-0.25, -0.2) is 8.42 Å². The molecule has 0 spiro atoms. The van der Waals surface area contributed by atoms with Crippen LogP contribution in [0, 0.1) is 0 Å². The normalized spacial score (nSPS) is 24.7. The molecule has 1 heterocycles. The van der Waals surface area contributed by atoms with Crippen molar-refractivity contribution in [3.63, 3.8) is 0 Å². The Morgan fingerprint density at radius 3 is 2.71 bits per heavy atom. The van der Waals surface area contributed by atoms with Crippen LogP contribution in [0.25, 0.3) is 0 Å². The molecule has 120 valence electrons. The predicted molar refractivity (Wildman–Crippen MR) is 85.8 cm³/mol. The first kappa shape index (κ1) is 16.3. The van der Waals surface area contributed by atoms with Crippen molar-refractivity contribution in [1.29, 1.82) is 0 Å². The third-order valence-corrected chi connectivity index (χ3v) is 5.23. The van der Waals surface area contributed by atoms with Gasteiger partial charge in [0.05, 0.1) is 12.8 Å². The summed E-state index contributed by atoms with van der Waals surface area (Å²) in [4.78, 5) is 4.58. The summed E-state index contributed by atoms with van der Waals surface area (Å²) in [7, 11) is -3.12. The maximum Gasteiger partial charge on any atom is 0.211 e. The second-order valence-electron chi connectivity index (χ2n) is 5.67. The van der Waals surface area contributed by atoms with E-state index in [4.69, 9.17) is 0 Å². The molecule has 6 nitrogen and oxygen atoms in total. The van der Waals surface area contributed by atoms with Gasteiger partial charge in [-0.3, -0.25) is 4.99 Å². The van der Waals surface area contributed by atoms with E-state index in [9.17, 15) is 8.42 Å². The van der Waals surface area contributed by atoms with Crippen LogP contribution in [0.4, 0.5) is 0 Å². The van der Waals surface area contributed by atoms with Crippen LogP contribution in [0.2, 0.25) is 0 Å². The van der Waals surface area contributed by atoms with Crippen molar-refractivity contribution in [2.45, 2.75) is 44.7 Å². The first-order chi connectivity index (χ1) is 10.0. The van der Waals surface area contributed by atoms with E-state index >= 15 is 0 Å². The molecule has 7 heteroatoms. The number of rotatable bonds is 5. The molecule has 1 saturated heterocycles. The van der Waals surface area contributed by atoms with E-state index < -0.39 is 10.0 Å². The standard InChI is InChI=1S/C14H26N4O2S/c1-3-15-14(17-12-7-4-5-8-12)16-11-13-9-6-10-18(13)21(2,19)20/h4-5,12-13H,3,6-11H2,1-2H3,(H2,15,16,17)/t13-/m1/s1. The third-order valence-electron chi connectivity index (χ3n) is 3.90. The topological polar surface area (TPSA) is 73.8 Å². The quantitative estimate of drug-likeness (QED) is 0.445. The SMILES string of the molecule is CCNC(=NC[C@H]1CCCN1S(C)(=O)=O)NC1CC=CC1. The maximum absolute atomic E-state index is 11.7. The lowest BCUT2D eigenvalue weighted by molar-refractivity contribution is 0.396. The monoisotopic (exact) mass is 314 g/mol. The fourth-order valence-electron chi connectivity index (χ4n) is 2.87. The zero-order valence-electron chi connectivity index (χ0n) is 12.9. The van der Waals surface area contributed by atoms with Gasteiger partial charge in [-0.2, -0.15) is 4.31 Å². The predicted octanol–water partition coefficient (Wildman–Crippen LogP) is 0.684. The molecule has 1 aliphatic heterocycles. The Kier molecular flexibility index (Phi) is 5.64. The summed E-state index contributed by atoms with van der Waals surface area (Å²) < 4.78 is 25.0. The molecule has 1 atom stereocenters. The van der Waals surface area contributed by atoms with E-state index in [0.717, 1.165) is 38.2 Å². The molecule has 21 heavy (non-hydrogen) atoms. The van der Waals surface area contributed by atoms with Crippen LogP contribution >= 0.6 is 0 Å². The largest absolute Gasteiger partial charge is 0.357 e. The van der Waals surface area contributed by atoms with E-state index in [-0.39, 0.29) is 6.04 Å². The van der Waals surface area contributed by atoms with Gasteiger partial charge in [0.2, 0.25) is 10.0 Å². The van der Waals surface area contributed by atoms with Crippen molar-refractivity contribution >= 4 is 16.0 Å². The first-order valence-electron chi connectivity index (χ1n) is 7.67. The van der Waals surface area contributed by atoms with Crippen LogP contribution in [0.3, 0.4) is 0 Å². The van der Waals surface area contributed by atoms with Gasteiger partial charge in [0, 0.05) is 25.2 Å². The molecule has 1 aliphatic carbocycles. The molecule has 0 aromatic rings. The minimum atomic E-state index is -3.12. The van der Waals surface area contributed by atoms with Crippen molar-refractivity contribution in [2.24, 2.45) is 4.99 Å². The molecule has 0 bridgehead atoms. The van der Waals surface area contributed by atoms with E-state index in [1.165, 1.54) is 6.26 Å². The van der Waals surface area contributed by atoms with Gasteiger partial charge in [-0.1, -0.05) is 12.2 Å². The highest BCUT2D eigenvalue weighted by molar-refractivity contribution is 7.88. The Hall–Kier alpha value is -1.08. The fraction of sp³-hybridized carbons (Fsp3) is 0.786. The summed E-state index contributed by atoms with van der Waals surface area (Å²) in [5.41, 5.74) is 0. The molecule has 0 saturated carbocycles. The molecule has 0 aromatic heterocycles.